The van der Waals surface area contributed by atoms with Crippen molar-refractivity contribution in [1.29, 1.82) is 0 Å². The zero-order chi connectivity index (χ0) is 3.41. The molecule has 4 heteroatoms. The lowest BCUT2D eigenvalue weighted by atomic mass is 10.6. The van der Waals surface area contributed by atoms with Crippen molar-refractivity contribution in [2.24, 2.45) is 0 Å². The third kappa shape index (κ3) is 2.51. The summed E-state index contributed by atoms with van der Waals surface area (Å²) in [6.45, 7) is 0. The number of rotatable bonds is 1. The minimum absolute atomic E-state index is 0.394. The van der Waals surface area contributed by atoms with Crippen LogP contribution in [0.25, 0.3) is 0 Å². The Kier molecular flexibility index (Phi) is 3.97. The lowest BCUT2D eigenvalue weighted by molar-refractivity contribution is 0.895. The van der Waals surface area contributed by atoms with Crippen LogP contribution >= 0.6 is 7.23 Å². The molecule has 4 heavy (non-hydrogen) atoms. The maximum Gasteiger partial charge on any atom is 0.398 e. The van der Waals surface area contributed by atoms with Crippen molar-refractivity contribution in [2.45, 2.75) is 0 Å². The van der Waals surface area contributed by atoms with Gasteiger partial charge in [-0.3, -0.25) is 0 Å². The first-order chi connectivity index (χ1) is 1.91. The minimum Gasteiger partial charge on any atom is -0.327 e. The van der Waals surface area contributed by atoms with Gasteiger partial charge in [-0.15, -0.1) is 0 Å². The van der Waals surface area contributed by atoms with Crippen LogP contribution in [-0.2, 0) is 11.8 Å². The van der Waals surface area contributed by atoms with Crippen molar-refractivity contribution < 1.29 is 4.32 Å². The van der Waals surface area contributed by atoms with Crippen LogP contribution < -0.4 is 0 Å². The largest absolute Gasteiger partial charge is 0.398 e. The Bertz CT molecular complexity index is 22.0. The summed E-state index contributed by atoms with van der Waals surface area (Å²) >= 11 is 4.15. The Hall–Kier alpha value is 0.515. The van der Waals surface area contributed by atoms with Gasteiger partial charge in [0.1, 0.15) is 0 Å². The Balaban J connectivity index is 2.30. The molecule has 0 bridgehead atoms. The van der Waals surface area contributed by atoms with Gasteiger partial charge in [-0.1, -0.05) is 11.8 Å². The lowest BCUT2D eigenvalue weighted by Crippen LogP contribution is -1.43. The maximum atomic E-state index is 10.6. The van der Waals surface area contributed by atoms with Crippen molar-refractivity contribution in [3.8, 4) is 0 Å². The second-order valence-electron chi connectivity index (χ2n) is 0.249. The van der Waals surface area contributed by atoms with E-state index in [-0.39, 0.29) is 0 Å². The monoisotopic (exact) mass is 94.0 g/mol. The van der Waals surface area contributed by atoms with E-state index in [2.05, 4.69) is 11.8 Å². The molecule has 0 aromatic carbocycles. The van der Waals surface area contributed by atoms with Crippen molar-refractivity contribution in [3.63, 3.8) is 0 Å². The van der Waals surface area contributed by atoms with Crippen LogP contribution in [0.1, 0.15) is 0 Å². The summed E-state index contributed by atoms with van der Waals surface area (Å²) in [5.41, 5.74) is 0. The zero-order valence-corrected chi connectivity index (χ0v) is 3.65. The number of halogens is 1. The molecule has 22 valence electrons. The average Bonchev–Trinajstić information content (AvgIpc) is 1.37. The van der Waals surface area contributed by atoms with Gasteiger partial charge in [0.25, 0.3) is 0 Å². The van der Waals surface area contributed by atoms with Gasteiger partial charge in [0, 0.05) is 0 Å². The molecule has 0 heterocycles. The molecule has 0 fully saturated rings. The molecule has 0 aromatic rings. The SMILES string of the molecule is FBP=S. The summed E-state index contributed by atoms with van der Waals surface area (Å²) in [4.78, 5) is 0. The third-order valence-electron chi connectivity index (χ3n) is 0.0488. The highest BCUT2D eigenvalue weighted by Gasteiger charge is 1.64. The van der Waals surface area contributed by atoms with Crippen LogP contribution in [0.3, 0.4) is 0 Å². The molecule has 0 saturated heterocycles. The van der Waals surface area contributed by atoms with Crippen LogP contribution in [0.2, 0.25) is 0 Å². The van der Waals surface area contributed by atoms with Gasteiger partial charge in [0.2, 0.25) is 0 Å². The molecule has 0 amide bonds. The molecule has 0 atom stereocenters. The fraction of sp³-hybridized carbons (Fsp3) is 0. The molecule has 0 aromatic heterocycles. The van der Waals surface area contributed by atoms with Crippen LogP contribution in [0, 0.1) is 0 Å². The third-order valence-corrected chi connectivity index (χ3v) is 0.439. The van der Waals surface area contributed by atoms with E-state index in [1.165, 1.54) is 0 Å². The summed E-state index contributed by atoms with van der Waals surface area (Å²) in [5, 5.41) is 0. The van der Waals surface area contributed by atoms with Crippen LogP contribution in [0.15, 0.2) is 0 Å². The quantitative estimate of drug-likeness (QED) is 0.339. The van der Waals surface area contributed by atoms with E-state index >= 15 is 0 Å². The Morgan fingerprint density at radius 2 is 2.25 bits per heavy atom. The zero-order valence-electron chi connectivity index (χ0n) is 1.94. The molecule has 0 spiro atoms. The van der Waals surface area contributed by atoms with Gasteiger partial charge in [-0.05, 0) is 7.23 Å². The predicted molar refractivity (Wildman–Crippen MR) is 22.5 cm³/mol. The maximum absolute atomic E-state index is 10.6. The van der Waals surface area contributed by atoms with Crippen molar-refractivity contribution in [3.05, 3.63) is 0 Å². The van der Waals surface area contributed by atoms with E-state index in [4.69, 9.17) is 0 Å². The fourth-order valence-corrected chi connectivity index (χ4v) is 0. The molecular weight excluding hydrogens is 92.9 g/mol. The summed E-state index contributed by atoms with van der Waals surface area (Å²) in [6.07, 6.45) is 0. The summed E-state index contributed by atoms with van der Waals surface area (Å²) in [5.74, 6) is 0. The second-order valence-corrected chi connectivity index (χ2v) is 1.52. The van der Waals surface area contributed by atoms with E-state index in [9.17, 15) is 4.32 Å². The van der Waals surface area contributed by atoms with Gasteiger partial charge in [0.05, 0.1) is 0 Å². The minimum atomic E-state index is -0.394. The molecular formula is HBFPS. The second kappa shape index (κ2) is 3.51. The van der Waals surface area contributed by atoms with Gasteiger partial charge in [-0.25, -0.2) is 0 Å². The van der Waals surface area contributed by atoms with Gasteiger partial charge in [-0.2, -0.15) is 0 Å². The Morgan fingerprint density at radius 1 is 2.00 bits per heavy atom. The van der Waals surface area contributed by atoms with E-state index < -0.39 is 7.28 Å². The van der Waals surface area contributed by atoms with E-state index in [0.29, 0.717) is 7.23 Å². The molecule has 0 nitrogen and oxygen atoms in total. The normalized spacial score (nSPS) is 7.25. The fourth-order valence-electron chi connectivity index (χ4n) is 0. The van der Waals surface area contributed by atoms with E-state index in [1.54, 1.807) is 0 Å². The molecule has 0 unspecified atom stereocenters. The summed E-state index contributed by atoms with van der Waals surface area (Å²) in [6, 6.07) is 0. The van der Waals surface area contributed by atoms with Gasteiger partial charge < -0.3 is 4.32 Å². The molecule has 0 aliphatic rings. The first-order valence-corrected chi connectivity index (χ1v) is 2.86. The van der Waals surface area contributed by atoms with Crippen LogP contribution in [-0.4, -0.2) is 7.28 Å². The lowest BCUT2D eigenvalue weighted by Gasteiger charge is -1.45. The average molecular weight is 93.9 g/mol. The molecule has 0 aliphatic heterocycles. The van der Waals surface area contributed by atoms with Gasteiger partial charge in [0.15, 0.2) is 0 Å². The Labute approximate surface area is 31.5 Å². The first-order valence-electron chi connectivity index (χ1n) is 0.766. The highest BCUT2D eigenvalue weighted by molar-refractivity contribution is 8.08. The molecule has 0 rings (SSSR count). The molecule has 0 aliphatic carbocycles. The summed E-state index contributed by atoms with van der Waals surface area (Å²) < 4.78 is 10.6. The van der Waals surface area contributed by atoms with E-state index in [0.717, 1.165) is 0 Å². The van der Waals surface area contributed by atoms with Crippen LogP contribution in [0.5, 0.6) is 0 Å². The van der Waals surface area contributed by atoms with Crippen molar-refractivity contribution >= 4 is 26.3 Å². The smallest absolute Gasteiger partial charge is 0.327 e. The highest BCUT2D eigenvalue weighted by Crippen LogP contribution is 1.81. The van der Waals surface area contributed by atoms with Crippen molar-refractivity contribution in [2.75, 3.05) is 0 Å². The number of hydrogen-bond donors (Lipinski definition) is 0. The molecule has 0 radical (unpaired) electrons. The highest BCUT2D eigenvalue weighted by atomic mass is 32.4. The molecule has 0 saturated carbocycles. The standard InChI is InChI=1S/BFHPS/c2-1-3-4/h1H. The van der Waals surface area contributed by atoms with Crippen LogP contribution in [0.4, 0.5) is 4.32 Å². The van der Waals surface area contributed by atoms with Crippen molar-refractivity contribution in [1.82, 2.24) is 0 Å². The topological polar surface area (TPSA) is 0 Å². The Morgan fingerprint density at radius 3 is 2.25 bits per heavy atom. The first kappa shape index (κ1) is 4.51. The number of hydrogen-bond acceptors (Lipinski definition) is 1. The van der Waals surface area contributed by atoms with E-state index in [1.807, 2.05) is 0 Å². The molecule has 0 N–H and O–H groups in total. The van der Waals surface area contributed by atoms with Gasteiger partial charge >= 0.3 is 7.28 Å². The predicted octanol–water partition coefficient (Wildman–Crippen LogP) is 0.631. The summed E-state index contributed by atoms with van der Waals surface area (Å²) in [7, 11) is 0.0216.